The van der Waals surface area contributed by atoms with Crippen LogP contribution in [0.2, 0.25) is 0 Å². The molecule has 0 radical (unpaired) electrons. The van der Waals surface area contributed by atoms with Crippen LogP contribution in [0.3, 0.4) is 0 Å². The van der Waals surface area contributed by atoms with Gasteiger partial charge < -0.3 is 9.47 Å². The Morgan fingerprint density at radius 2 is 1.82 bits per heavy atom. The summed E-state index contributed by atoms with van der Waals surface area (Å²) in [6.45, 7) is 5.48. The third-order valence-corrected chi connectivity index (χ3v) is 6.02. The molecule has 3 aromatic heterocycles. The van der Waals surface area contributed by atoms with Gasteiger partial charge in [0.2, 0.25) is 0 Å². The number of benzene rings is 1. The Bertz CT molecular complexity index is 1180. The molecule has 4 aromatic rings. The molecule has 8 nitrogen and oxygen atoms in total. The first-order valence-electron chi connectivity index (χ1n) is 11.6. The molecule has 1 aliphatic rings. The summed E-state index contributed by atoms with van der Waals surface area (Å²) in [7, 11) is 1.69. The highest BCUT2D eigenvalue weighted by atomic mass is 16.5. The maximum absolute atomic E-state index is 5.92. The van der Waals surface area contributed by atoms with Crippen molar-refractivity contribution in [2.75, 3.05) is 40.0 Å². The third kappa shape index (κ3) is 5.23. The van der Waals surface area contributed by atoms with E-state index in [1.54, 1.807) is 7.11 Å². The van der Waals surface area contributed by atoms with Crippen LogP contribution in [0.5, 0.6) is 5.75 Å². The highest BCUT2D eigenvalue weighted by Gasteiger charge is 2.12. The van der Waals surface area contributed by atoms with Crippen molar-refractivity contribution < 1.29 is 9.47 Å². The van der Waals surface area contributed by atoms with Crippen LogP contribution in [0.1, 0.15) is 24.2 Å². The van der Waals surface area contributed by atoms with E-state index in [0.717, 1.165) is 47.2 Å². The molecule has 0 amide bonds. The van der Waals surface area contributed by atoms with Crippen LogP contribution < -0.4 is 4.74 Å². The second-order valence-corrected chi connectivity index (χ2v) is 8.41. The molecule has 4 heterocycles. The Kier molecular flexibility index (Phi) is 6.64. The van der Waals surface area contributed by atoms with Crippen molar-refractivity contribution in [2.24, 2.45) is 0 Å². The van der Waals surface area contributed by atoms with Gasteiger partial charge in [-0.1, -0.05) is 18.2 Å². The average molecular weight is 447 g/mol. The van der Waals surface area contributed by atoms with Crippen molar-refractivity contribution in [2.45, 2.75) is 25.8 Å². The first kappa shape index (κ1) is 21.6. The number of ether oxygens (including phenoxy) is 2. The number of methoxy groups -OCH3 is 1. The monoisotopic (exact) mass is 446 g/mol. The third-order valence-electron chi connectivity index (χ3n) is 6.02. The lowest BCUT2D eigenvalue weighted by Gasteiger charge is -2.14. The number of fused-ring (bicyclic) bond motifs is 1. The molecule has 8 heteroatoms. The van der Waals surface area contributed by atoms with Gasteiger partial charge in [-0.2, -0.15) is 10.2 Å². The molecule has 1 saturated heterocycles. The van der Waals surface area contributed by atoms with Crippen LogP contribution >= 0.6 is 0 Å². The van der Waals surface area contributed by atoms with E-state index in [4.69, 9.17) is 19.6 Å². The van der Waals surface area contributed by atoms with Crippen molar-refractivity contribution in [3.8, 4) is 17.0 Å². The average Bonchev–Trinajstić information content (AvgIpc) is 3.59. The van der Waals surface area contributed by atoms with E-state index < -0.39 is 0 Å². The van der Waals surface area contributed by atoms with Gasteiger partial charge in [-0.25, -0.2) is 9.50 Å². The van der Waals surface area contributed by atoms with E-state index >= 15 is 0 Å². The van der Waals surface area contributed by atoms with Crippen LogP contribution in [0.15, 0.2) is 54.9 Å². The van der Waals surface area contributed by atoms with E-state index in [9.17, 15) is 0 Å². The summed E-state index contributed by atoms with van der Waals surface area (Å²) in [5.41, 5.74) is 3.96. The minimum atomic E-state index is 0.626. The molecular weight excluding hydrogens is 416 g/mol. The van der Waals surface area contributed by atoms with E-state index in [0.29, 0.717) is 19.6 Å². The Balaban J connectivity index is 1.25. The van der Waals surface area contributed by atoms with Gasteiger partial charge in [-0.3, -0.25) is 9.58 Å². The van der Waals surface area contributed by atoms with Crippen molar-refractivity contribution >= 4 is 5.65 Å². The fraction of sp³-hybridized carbons (Fsp3) is 0.400. The molecule has 0 unspecified atom stereocenters. The summed E-state index contributed by atoms with van der Waals surface area (Å²) in [6.07, 6.45) is 7.16. The molecule has 0 saturated carbocycles. The second-order valence-electron chi connectivity index (χ2n) is 8.41. The summed E-state index contributed by atoms with van der Waals surface area (Å²) in [6, 6.07) is 14.3. The van der Waals surface area contributed by atoms with Crippen LogP contribution in [0.25, 0.3) is 16.9 Å². The second kappa shape index (κ2) is 10.1. The van der Waals surface area contributed by atoms with Crippen LogP contribution in [0.4, 0.5) is 0 Å². The Morgan fingerprint density at radius 1 is 0.970 bits per heavy atom. The predicted octanol–water partition coefficient (Wildman–Crippen LogP) is 3.30. The van der Waals surface area contributed by atoms with E-state index in [1.165, 1.54) is 25.9 Å². The number of hydrogen-bond acceptors (Lipinski definition) is 6. The van der Waals surface area contributed by atoms with Crippen molar-refractivity contribution in [1.29, 1.82) is 0 Å². The zero-order valence-electron chi connectivity index (χ0n) is 19.1. The van der Waals surface area contributed by atoms with Gasteiger partial charge in [0, 0.05) is 31.8 Å². The van der Waals surface area contributed by atoms with Crippen LogP contribution in [-0.4, -0.2) is 69.2 Å². The van der Waals surface area contributed by atoms with E-state index in [2.05, 4.69) is 22.1 Å². The molecule has 0 N–H and O–H groups in total. The maximum Gasteiger partial charge on any atom is 0.156 e. The number of pyridine rings is 1. The molecule has 33 heavy (non-hydrogen) atoms. The minimum Gasteiger partial charge on any atom is -0.492 e. The lowest BCUT2D eigenvalue weighted by molar-refractivity contribution is 0.183. The molecule has 1 aliphatic heterocycles. The quantitative estimate of drug-likeness (QED) is 0.372. The lowest BCUT2D eigenvalue weighted by atomic mass is 10.1. The molecule has 0 aliphatic carbocycles. The van der Waals surface area contributed by atoms with Gasteiger partial charge in [-0.05, 0) is 55.8 Å². The van der Waals surface area contributed by atoms with Crippen LogP contribution in [0, 0.1) is 0 Å². The van der Waals surface area contributed by atoms with Gasteiger partial charge >= 0.3 is 0 Å². The number of rotatable bonds is 10. The van der Waals surface area contributed by atoms with Gasteiger partial charge in [-0.15, -0.1) is 0 Å². The molecule has 1 fully saturated rings. The summed E-state index contributed by atoms with van der Waals surface area (Å²) in [5, 5.41) is 9.20. The molecular formula is C25H30N6O2. The zero-order valence-corrected chi connectivity index (χ0v) is 19.1. The highest BCUT2D eigenvalue weighted by molar-refractivity contribution is 5.61. The minimum absolute atomic E-state index is 0.626. The first-order valence-corrected chi connectivity index (χ1v) is 11.6. The Labute approximate surface area is 193 Å². The summed E-state index contributed by atoms with van der Waals surface area (Å²) < 4.78 is 14.8. The summed E-state index contributed by atoms with van der Waals surface area (Å²) in [4.78, 5) is 7.20. The number of aromatic nitrogens is 5. The van der Waals surface area contributed by atoms with Gasteiger partial charge in [0.1, 0.15) is 12.4 Å². The molecule has 0 bridgehead atoms. The van der Waals surface area contributed by atoms with Gasteiger partial charge in [0.05, 0.1) is 25.0 Å². The van der Waals surface area contributed by atoms with Gasteiger partial charge in [0.25, 0.3) is 0 Å². The fourth-order valence-electron chi connectivity index (χ4n) is 4.23. The largest absolute Gasteiger partial charge is 0.492 e. The highest BCUT2D eigenvalue weighted by Crippen LogP contribution is 2.21. The summed E-state index contributed by atoms with van der Waals surface area (Å²) in [5.74, 6) is 1.70. The molecule has 172 valence electrons. The number of hydrogen-bond donors (Lipinski definition) is 0. The van der Waals surface area contributed by atoms with Crippen molar-refractivity contribution in [3.05, 3.63) is 66.2 Å². The molecule has 0 atom stereocenters. The first-order chi connectivity index (χ1) is 16.3. The van der Waals surface area contributed by atoms with E-state index in [-0.39, 0.29) is 0 Å². The molecule has 1 aromatic carbocycles. The maximum atomic E-state index is 5.92. The van der Waals surface area contributed by atoms with E-state index in [1.807, 2.05) is 51.9 Å². The molecule has 0 spiro atoms. The SMILES string of the molecule is COCCn1cc(-c2cccc3nc(Cc4ccc(OCCN5CCCC5)cc4)nn23)cn1. The Morgan fingerprint density at radius 3 is 2.64 bits per heavy atom. The normalized spacial score (nSPS) is 14.3. The standard InChI is InChI=1S/C25H30N6O2/c1-32-15-14-30-19-21(18-26-30)23-5-4-6-25-27-24(28-31(23)25)17-20-7-9-22(10-8-20)33-16-13-29-11-2-3-12-29/h4-10,18-19H,2-3,11-17H2,1H3. The molecule has 5 rings (SSSR count). The summed E-state index contributed by atoms with van der Waals surface area (Å²) >= 11 is 0. The lowest BCUT2D eigenvalue weighted by Crippen LogP contribution is -2.25. The topological polar surface area (TPSA) is 69.7 Å². The number of nitrogens with zero attached hydrogens (tertiary/aromatic N) is 6. The zero-order chi connectivity index (χ0) is 22.5. The number of likely N-dealkylation sites (tertiary alicyclic amines) is 1. The van der Waals surface area contributed by atoms with Crippen molar-refractivity contribution in [1.82, 2.24) is 29.3 Å². The smallest absolute Gasteiger partial charge is 0.156 e. The fourth-order valence-corrected chi connectivity index (χ4v) is 4.23. The predicted molar refractivity (Wildman–Crippen MR) is 127 cm³/mol. The van der Waals surface area contributed by atoms with Crippen molar-refractivity contribution in [3.63, 3.8) is 0 Å². The Hall–Kier alpha value is -3.23. The van der Waals surface area contributed by atoms with Crippen LogP contribution in [-0.2, 0) is 17.7 Å². The van der Waals surface area contributed by atoms with Gasteiger partial charge in [0.15, 0.2) is 11.5 Å².